The van der Waals surface area contributed by atoms with Gasteiger partial charge in [0.15, 0.2) is 17.9 Å². The van der Waals surface area contributed by atoms with Gasteiger partial charge in [0.05, 0.1) is 13.1 Å². The summed E-state index contributed by atoms with van der Waals surface area (Å²) >= 11 is 0. The van der Waals surface area contributed by atoms with Gasteiger partial charge in [-0.3, -0.25) is 79.0 Å². The van der Waals surface area contributed by atoms with Gasteiger partial charge in [-0.15, -0.1) is 0 Å². The average Bonchev–Trinajstić information content (AvgIpc) is 3.46. The molecule has 0 fully saturated rings. The highest BCUT2D eigenvalue weighted by molar-refractivity contribution is 5.96. The first-order valence-corrected chi connectivity index (χ1v) is 28.8. The number of aliphatic imine (C=N–C) groups is 3. The van der Waals surface area contributed by atoms with Crippen molar-refractivity contribution in [2.45, 2.75) is 172 Å². The van der Waals surface area contributed by atoms with E-state index < -0.39 is 103 Å². The van der Waals surface area contributed by atoms with Gasteiger partial charge in [0, 0.05) is 59.0 Å². The Hall–Kier alpha value is -8.14. The molecule has 85 heavy (non-hydrogen) atoms. The fraction of sp³-hybridized carbons (Fsp3) is 0.725. The van der Waals surface area contributed by atoms with E-state index in [1.165, 1.54) is 6.92 Å². The van der Waals surface area contributed by atoms with E-state index in [-0.39, 0.29) is 133 Å². The standard InChI is InChI=1S/C51H99N23O11/c1-4-15-34(45(82)66-30-41(78)69-33(43(52)80)22-29-60-3)72-42(79)31-67-46(83)36(17-12-26-64-50(55)56)73-48(85)38(19-14-28-68-59)74-47(84)37(18-13-27-65-51(57)58)71-40(77)21-8-6-10-24-62-44(81)35(16-11-25-63-49(53)54)70-39(76)20-7-5-9-23-61-32(2)75/h33-38,60,68H,4-31,59H2,1-3H3,(H2,52,80)(H,61,75)(H,62,81)(H,66,82)(H,67,83)(H,69,78)(H,70,76)(H,71,77)(H,72,79)(H,73,85)(H,74,84)(H4,53,54,63)(H4,55,56,64)(H4,57,58,65)/t33-,34-,35-,36-,37-,38-/m1/s1. The lowest BCUT2D eigenvalue weighted by Gasteiger charge is -2.25. The lowest BCUT2D eigenvalue weighted by atomic mass is 10.1. The van der Waals surface area contributed by atoms with E-state index in [2.05, 4.69) is 78.9 Å². The predicted molar refractivity (Wildman–Crippen MR) is 320 cm³/mol. The van der Waals surface area contributed by atoms with E-state index in [1.807, 2.05) is 0 Å². The summed E-state index contributed by atoms with van der Waals surface area (Å²) < 4.78 is 0. The van der Waals surface area contributed by atoms with Gasteiger partial charge < -0.3 is 98.6 Å². The molecule has 484 valence electrons. The average molecular weight is 1210 g/mol. The van der Waals surface area contributed by atoms with Crippen molar-refractivity contribution in [1.29, 1.82) is 0 Å². The molecule has 0 aliphatic heterocycles. The largest absolute Gasteiger partial charge is 0.370 e. The number of nitrogens with two attached hydrogens (primary N) is 8. The molecule has 0 aromatic rings. The first-order chi connectivity index (χ1) is 40.4. The molecular weight excluding hydrogens is 1110 g/mol. The van der Waals surface area contributed by atoms with Crippen LogP contribution in [0.5, 0.6) is 0 Å². The summed E-state index contributed by atoms with van der Waals surface area (Å²) in [7, 11) is 1.66. The molecular formula is C51H99N23O11. The zero-order chi connectivity index (χ0) is 64.0. The van der Waals surface area contributed by atoms with Crippen LogP contribution in [0.25, 0.3) is 0 Å². The van der Waals surface area contributed by atoms with E-state index in [4.69, 9.17) is 46.0 Å². The zero-order valence-corrected chi connectivity index (χ0v) is 49.7. The molecule has 0 saturated carbocycles. The van der Waals surface area contributed by atoms with E-state index in [1.54, 1.807) is 14.0 Å². The van der Waals surface area contributed by atoms with Crippen molar-refractivity contribution in [2.24, 2.45) is 61.0 Å². The molecule has 6 atom stereocenters. The smallest absolute Gasteiger partial charge is 0.243 e. The lowest BCUT2D eigenvalue weighted by molar-refractivity contribution is -0.134. The first kappa shape index (κ1) is 76.9. The molecule has 28 N–H and O–H groups in total. The Balaban J connectivity index is 5.98. The number of carbonyl (C=O) groups excluding carboxylic acids is 11. The molecule has 0 rings (SSSR count). The SMILES string of the molecule is CCC[C@@H](NC(=O)CNC(=O)[C@@H](CCCN=C(N)N)NC(=O)[C@@H](CCCNN)NC(=O)[C@@H](CCCN=C(N)N)NC(=O)CCCCCNC(=O)[C@@H](CCCN=C(N)N)NC(=O)CCCCCNC(C)=O)C(=O)NCC(=O)N[C@H](CCNC)C(N)=O. The third-order valence-electron chi connectivity index (χ3n) is 12.5. The van der Waals surface area contributed by atoms with Crippen molar-refractivity contribution in [1.82, 2.24) is 63.9 Å². The molecule has 0 aromatic carbocycles. The minimum atomic E-state index is -1.31. The summed E-state index contributed by atoms with van der Waals surface area (Å²) in [5.74, 6) is -1.58. The minimum Gasteiger partial charge on any atom is -0.370 e. The van der Waals surface area contributed by atoms with Crippen molar-refractivity contribution in [3.8, 4) is 0 Å². The highest BCUT2D eigenvalue weighted by Crippen LogP contribution is 2.09. The summed E-state index contributed by atoms with van der Waals surface area (Å²) in [6.07, 6.45) is 5.68. The Labute approximate surface area is 497 Å². The van der Waals surface area contributed by atoms with Crippen LogP contribution in [0.3, 0.4) is 0 Å². The molecule has 34 nitrogen and oxygen atoms in total. The minimum absolute atomic E-state index is 0.00946. The van der Waals surface area contributed by atoms with Crippen molar-refractivity contribution < 1.29 is 52.7 Å². The summed E-state index contributed by atoms with van der Waals surface area (Å²) in [5.41, 5.74) is 40.7. The molecule has 0 aliphatic carbocycles. The number of hydrogen-bond acceptors (Lipinski definition) is 17. The van der Waals surface area contributed by atoms with Gasteiger partial charge in [0.2, 0.25) is 65.0 Å². The topological polar surface area (TPSA) is 577 Å². The van der Waals surface area contributed by atoms with Crippen LogP contribution in [-0.4, -0.2) is 185 Å². The highest BCUT2D eigenvalue weighted by Gasteiger charge is 2.31. The van der Waals surface area contributed by atoms with Gasteiger partial charge in [0.25, 0.3) is 0 Å². The van der Waals surface area contributed by atoms with E-state index in [0.29, 0.717) is 64.5 Å². The van der Waals surface area contributed by atoms with E-state index in [0.717, 1.165) is 0 Å². The summed E-state index contributed by atoms with van der Waals surface area (Å²) in [5, 5.41) is 29.1. The third-order valence-corrected chi connectivity index (χ3v) is 12.5. The second-order valence-electron chi connectivity index (χ2n) is 20.0. The fourth-order valence-corrected chi connectivity index (χ4v) is 8.05. The fourth-order valence-electron chi connectivity index (χ4n) is 8.05. The van der Waals surface area contributed by atoms with Crippen LogP contribution in [0.2, 0.25) is 0 Å². The predicted octanol–water partition coefficient (Wildman–Crippen LogP) is -7.20. The van der Waals surface area contributed by atoms with Gasteiger partial charge in [-0.25, -0.2) is 0 Å². The lowest BCUT2D eigenvalue weighted by Crippen LogP contribution is -2.57. The number of nitrogens with one attached hydrogen (secondary N) is 12. The molecule has 0 radical (unpaired) electrons. The molecule has 0 bridgehead atoms. The molecule has 0 saturated heterocycles. The van der Waals surface area contributed by atoms with Crippen LogP contribution in [0, 0.1) is 0 Å². The Bertz CT molecular complexity index is 2170. The van der Waals surface area contributed by atoms with Crippen LogP contribution in [0.15, 0.2) is 15.0 Å². The Morgan fingerprint density at radius 1 is 0.376 bits per heavy atom. The second kappa shape index (κ2) is 47.2. The normalized spacial score (nSPS) is 12.8. The van der Waals surface area contributed by atoms with Gasteiger partial charge in [-0.2, -0.15) is 0 Å². The van der Waals surface area contributed by atoms with Crippen LogP contribution in [0.1, 0.15) is 136 Å². The van der Waals surface area contributed by atoms with Crippen LogP contribution >= 0.6 is 0 Å². The number of primary amides is 1. The number of carbonyl (C=O) groups is 11. The monoisotopic (exact) mass is 1210 g/mol. The maximum atomic E-state index is 14.1. The number of unbranched alkanes of at least 4 members (excludes halogenated alkanes) is 4. The van der Waals surface area contributed by atoms with Crippen LogP contribution in [-0.2, 0) is 52.7 Å². The van der Waals surface area contributed by atoms with E-state index >= 15 is 0 Å². The third kappa shape index (κ3) is 40.7. The van der Waals surface area contributed by atoms with Crippen molar-refractivity contribution >= 4 is 82.9 Å². The van der Waals surface area contributed by atoms with Gasteiger partial charge in [0.1, 0.15) is 36.3 Å². The number of nitrogens with zero attached hydrogens (tertiary/aromatic N) is 3. The molecule has 0 spiro atoms. The molecule has 11 amide bonds. The number of amides is 11. The molecule has 0 heterocycles. The zero-order valence-electron chi connectivity index (χ0n) is 49.7. The molecule has 0 aromatic heterocycles. The van der Waals surface area contributed by atoms with Gasteiger partial charge in [-0.1, -0.05) is 26.2 Å². The Kier molecular flexibility index (Phi) is 42.7. The number of hydrazine groups is 1. The number of guanidine groups is 3. The maximum absolute atomic E-state index is 14.1. The summed E-state index contributed by atoms with van der Waals surface area (Å²) in [6.45, 7) is 3.80. The summed E-state index contributed by atoms with van der Waals surface area (Å²) in [6, 6.07) is -6.72. The van der Waals surface area contributed by atoms with Gasteiger partial charge in [-0.05, 0) is 103 Å². The second-order valence-corrected chi connectivity index (χ2v) is 20.0. The van der Waals surface area contributed by atoms with Crippen LogP contribution in [0.4, 0.5) is 0 Å². The molecule has 0 aliphatic rings. The quantitative estimate of drug-likeness (QED) is 0.00885. The van der Waals surface area contributed by atoms with Crippen molar-refractivity contribution in [3.63, 3.8) is 0 Å². The number of hydrogen-bond donors (Lipinski definition) is 20. The Morgan fingerprint density at radius 3 is 1.16 bits per heavy atom. The Morgan fingerprint density at radius 2 is 0.753 bits per heavy atom. The molecule has 0 unspecified atom stereocenters. The first-order valence-electron chi connectivity index (χ1n) is 28.8. The van der Waals surface area contributed by atoms with E-state index in [9.17, 15) is 52.7 Å². The maximum Gasteiger partial charge on any atom is 0.243 e. The van der Waals surface area contributed by atoms with Gasteiger partial charge >= 0.3 is 0 Å². The highest BCUT2D eigenvalue weighted by atomic mass is 16.2. The summed E-state index contributed by atoms with van der Waals surface area (Å²) in [4.78, 5) is 155. The van der Waals surface area contributed by atoms with Crippen molar-refractivity contribution in [3.05, 3.63) is 0 Å². The van der Waals surface area contributed by atoms with Crippen molar-refractivity contribution in [2.75, 3.05) is 66.0 Å². The number of rotatable bonds is 49. The van der Waals surface area contributed by atoms with Crippen LogP contribution < -0.4 is 110 Å². The molecule has 34 heteroatoms.